The van der Waals surface area contributed by atoms with Crippen LogP contribution in [0, 0.1) is 0 Å². The Kier molecular flexibility index (Phi) is 5.82. The van der Waals surface area contributed by atoms with E-state index in [9.17, 15) is 0 Å². The van der Waals surface area contributed by atoms with Crippen LogP contribution in [-0.4, -0.2) is 11.5 Å². The topological polar surface area (TPSA) is 51.0 Å². The van der Waals surface area contributed by atoms with Crippen molar-refractivity contribution < 1.29 is 8.83 Å². The molecule has 45 heavy (non-hydrogen) atoms. The minimum atomic E-state index is 0.664. The standard InChI is InChI=1S/C41H28N2O2/c1-25-20-23-34(28-22-21-26-10-2-3-11-27(26)24-28)42-41(32-15-9-19-37-38(32)31-13-5-7-18-36(31)44-37)43-39(25)33-16-8-14-30-29-12-4-6-17-35(29)45-40(30)33/h2-19,21-22,24H,20,23H2,1H3/b39-25+,42-34+,43-41-. The highest BCUT2D eigenvalue weighted by Gasteiger charge is 2.22. The lowest BCUT2D eigenvalue weighted by Gasteiger charge is -2.17. The lowest BCUT2D eigenvalue weighted by atomic mass is 9.95. The molecule has 9 rings (SSSR count). The molecule has 214 valence electrons. The number of benzene rings is 6. The first kappa shape index (κ1) is 25.7. The van der Waals surface area contributed by atoms with Crippen LogP contribution in [0.15, 0.2) is 152 Å². The number of nitrogens with zero attached hydrogens (tertiary/aromatic N) is 2. The first-order valence-corrected chi connectivity index (χ1v) is 15.4. The Morgan fingerprint density at radius 2 is 1.22 bits per heavy atom. The van der Waals surface area contributed by atoms with Gasteiger partial charge in [-0.05, 0) is 72.0 Å². The number of para-hydroxylation sites is 3. The van der Waals surface area contributed by atoms with Crippen LogP contribution in [0.3, 0.4) is 0 Å². The van der Waals surface area contributed by atoms with Crippen LogP contribution in [0.4, 0.5) is 0 Å². The van der Waals surface area contributed by atoms with E-state index in [0.717, 1.165) is 84.8 Å². The summed E-state index contributed by atoms with van der Waals surface area (Å²) in [6.07, 6.45) is 1.61. The van der Waals surface area contributed by atoms with Crippen molar-refractivity contribution in [1.29, 1.82) is 0 Å². The van der Waals surface area contributed by atoms with Gasteiger partial charge in [0, 0.05) is 32.7 Å². The maximum absolute atomic E-state index is 6.49. The van der Waals surface area contributed by atoms with Crippen LogP contribution in [-0.2, 0) is 0 Å². The van der Waals surface area contributed by atoms with Crippen molar-refractivity contribution in [2.75, 3.05) is 0 Å². The SMILES string of the molecule is C\C1=C(c2cccc3c2oc2ccccc23)/N=C(c2cccc3oc4ccccc4c23)\N=C(\c2ccc3ccccc3c2)CC1. The molecule has 2 aromatic heterocycles. The molecule has 0 saturated carbocycles. The fourth-order valence-corrected chi connectivity index (χ4v) is 6.72. The summed E-state index contributed by atoms with van der Waals surface area (Å²) in [5.74, 6) is 0.664. The molecular weight excluding hydrogens is 552 g/mol. The van der Waals surface area contributed by atoms with Gasteiger partial charge in [0.25, 0.3) is 0 Å². The van der Waals surface area contributed by atoms with Crippen LogP contribution >= 0.6 is 0 Å². The predicted octanol–water partition coefficient (Wildman–Crippen LogP) is 11.1. The molecule has 4 heteroatoms. The summed E-state index contributed by atoms with van der Waals surface area (Å²) in [4.78, 5) is 10.9. The summed E-state index contributed by atoms with van der Waals surface area (Å²) in [6, 6.07) is 44.0. The molecule has 0 aliphatic carbocycles. The van der Waals surface area contributed by atoms with Crippen LogP contribution in [0.2, 0.25) is 0 Å². The average Bonchev–Trinajstić information content (AvgIpc) is 3.66. The van der Waals surface area contributed by atoms with Crippen LogP contribution in [0.1, 0.15) is 36.5 Å². The fourth-order valence-electron chi connectivity index (χ4n) is 6.72. The highest BCUT2D eigenvalue weighted by atomic mass is 16.3. The van der Waals surface area contributed by atoms with Gasteiger partial charge in [-0.1, -0.05) is 97.1 Å². The molecule has 0 N–H and O–H groups in total. The monoisotopic (exact) mass is 580 g/mol. The maximum atomic E-state index is 6.49. The van der Waals surface area contributed by atoms with Gasteiger partial charge in [0.2, 0.25) is 0 Å². The smallest absolute Gasteiger partial charge is 0.160 e. The van der Waals surface area contributed by atoms with E-state index >= 15 is 0 Å². The quantitative estimate of drug-likeness (QED) is 0.209. The van der Waals surface area contributed by atoms with Crippen molar-refractivity contribution in [2.45, 2.75) is 19.8 Å². The molecule has 4 nitrogen and oxygen atoms in total. The van der Waals surface area contributed by atoms with Crippen molar-refractivity contribution in [3.8, 4) is 0 Å². The summed E-state index contributed by atoms with van der Waals surface area (Å²) in [5, 5.41) is 6.68. The van der Waals surface area contributed by atoms with Gasteiger partial charge in [0.05, 0.1) is 11.4 Å². The van der Waals surface area contributed by atoms with Gasteiger partial charge in [-0.2, -0.15) is 0 Å². The maximum Gasteiger partial charge on any atom is 0.160 e. The minimum absolute atomic E-state index is 0.664. The lowest BCUT2D eigenvalue weighted by Crippen LogP contribution is -2.11. The van der Waals surface area contributed by atoms with E-state index in [0.29, 0.717) is 5.84 Å². The molecule has 1 aliphatic heterocycles. The molecule has 0 unspecified atom stereocenters. The van der Waals surface area contributed by atoms with E-state index < -0.39 is 0 Å². The molecule has 0 bridgehead atoms. The molecule has 6 aromatic carbocycles. The molecule has 0 radical (unpaired) electrons. The summed E-state index contributed by atoms with van der Waals surface area (Å²) in [5.41, 5.74) is 9.55. The molecule has 1 aliphatic rings. The van der Waals surface area contributed by atoms with E-state index in [1.165, 1.54) is 16.3 Å². The molecule has 0 amide bonds. The summed E-state index contributed by atoms with van der Waals surface area (Å²) in [7, 11) is 0. The lowest BCUT2D eigenvalue weighted by molar-refractivity contribution is 0.667. The fraction of sp³-hybridized carbons (Fsp3) is 0.0732. The Labute approximate surface area is 259 Å². The number of aliphatic imine (C=N–C) groups is 2. The zero-order valence-corrected chi connectivity index (χ0v) is 24.7. The number of rotatable bonds is 3. The number of fused-ring (bicyclic) bond motifs is 7. The Balaban J connectivity index is 1.32. The Hall–Kier alpha value is -5.74. The van der Waals surface area contributed by atoms with Crippen LogP contribution < -0.4 is 0 Å². The minimum Gasteiger partial charge on any atom is -0.456 e. The number of furan rings is 2. The second kappa shape index (κ2) is 10.2. The molecule has 0 atom stereocenters. The third-order valence-electron chi connectivity index (χ3n) is 8.99. The third kappa shape index (κ3) is 4.21. The predicted molar refractivity (Wildman–Crippen MR) is 186 cm³/mol. The highest BCUT2D eigenvalue weighted by molar-refractivity contribution is 6.23. The van der Waals surface area contributed by atoms with Crippen LogP contribution in [0.25, 0.3) is 60.3 Å². The number of hydrogen-bond acceptors (Lipinski definition) is 4. The summed E-state index contributed by atoms with van der Waals surface area (Å²) < 4.78 is 12.8. The number of amidine groups is 1. The molecule has 8 aromatic rings. The molecule has 0 spiro atoms. The molecule has 3 heterocycles. The normalized spacial score (nSPS) is 18.2. The first-order valence-electron chi connectivity index (χ1n) is 15.4. The van der Waals surface area contributed by atoms with Crippen molar-refractivity contribution in [2.24, 2.45) is 9.98 Å². The van der Waals surface area contributed by atoms with E-state index in [2.05, 4.69) is 97.9 Å². The number of hydrogen-bond donors (Lipinski definition) is 0. The van der Waals surface area contributed by atoms with Crippen molar-refractivity contribution in [3.05, 3.63) is 150 Å². The second-order valence-corrected chi connectivity index (χ2v) is 11.7. The molecular formula is C41H28N2O2. The summed E-state index contributed by atoms with van der Waals surface area (Å²) in [6.45, 7) is 2.19. The van der Waals surface area contributed by atoms with Gasteiger partial charge < -0.3 is 8.83 Å². The zero-order chi connectivity index (χ0) is 29.9. The van der Waals surface area contributed by atoms with Gasteiger partial charge in [-0.15, -0.1) is 0 Å². The third-order valence-corrected chi connectivity index (χ3v) is 8.99. The average molecular weight is 581 g/mol. The van der Waals surface area contributed by atoms with Crippen LogP contribution in [0.5, 0.6) is 0 Å². The van der Waals surface area contributed by atoms with Crippen molar-refractivity contribution in [1.82, 2.24) is 0 Å². The Bertz CT molecular complexity index is 2560. The molecule has 0 saturated heterocycles. The van der Waals surface area contributed by atoms with Gasteiger partial charge in [-0.3, -0.25) is 0 Å². The zero-order valence-electron chi connectivity index (χ0n) is 24.7. The van der Waals surface area contributed by atoms with E-state index in [1.54, 1.807) is 0 Å². The summed E-state index contributed by atoms with van der Waals surface area (Å²) >= 11 is 0. The first-order chi connectivity index (χ1) is 22.2. The van der Waals surface area contributed by atoms with E-state index in [-0.39, 0.29) is 0 Å². The Morgan fingerprint density at radius 1 is 0.533 bits per heavy atom. The van der Waals surface area contributed by atoms with E-state index in [4.69, 9.17) is 18.8 Å². The second-order valence-electron chi connectivity index (χ2n) is 11.7. The molecule has 0 fully saturated rings. The Morgan fingerprint density at radius 3 is 2.11 bits per heavy atom. The van der Waals surface area contributed by atoms with E-state index in [1.807, 2.05) is 36.4 Å². The van der Waals surface area contributed by atoms with Gasteiger partial charge in [0.1, 0.15) is 22.3 Å². The highest BCUT2D eigenvalue weighted by Crippen LogP contribution is 2.38. The largest absolute Gasteiger partial charge is 0.456 e. The number of allylic oxidation sites excluding steroid dienone is 1. The van der Waals surface area contributed by atoms with Crippen molar-refractivity contribution >= 4 is 71.9 Å². The van der Waals surface area contributed by atoms with Gasteiger partial charge in [0.15, 0.2) is 5.84 Å². The van der Waals surface area contributed by atoms with Gasteiger partial charge in [-0.25, -0.2) is 9.98 Å². The van der Waals surface area contributed by atoms with Crippen molar-refractivity contribution in [3.63, 3.8) is 0 Å². The van der Waals surface area contributed by atoms with Gasteiger partial charge >= 0.3 is 0 Å².